The first-order valence-corrected chi connectivity index (χ1v) is 21.9. The molecule has 1 amide bonds. The molecular formula is C47H76N4O4. The van der Waals surface area contributed by atoms with Crippen LogP contribution in [0.2, 0.25) is 0 Å². The summed E-state index contributed by atoms with van der Waals surface area (Å²) in [5.74, 6) is 4.62. The molecule has 0 bridgehead atoms. The number of aromatic nitrogens is 2. The molecule has 2 atom stereocenters. The third-order valence-electron chi connectivity index (χ3n) is 12.6. The van der Waals surface area contributed by atoms with Gasteiger partial charge in [0, 0.05) is 24.5 Å². The van der Waals surface area contributed by atoms with E-state index in [4.69, 9.17) is 14.2 Å². The molecule has 2 aromatic rings. The molecule has 2 aliphatic heterocycles. The Morgan fingerprint density at radius 3 is 1.58 bits per heavy atom. The Balaban J connectivity index is 0.000000218. The summed E-state index contributed by atoms with van der Waals surface area (Å²) in [5.41, 5.74) is 2.65. The summed E-state index contributed by atoms with van der Waals surface area (Å²) >= 11 is 0. The maximum Gasteiger partial charge on any atom is 0.410 e. The summed E-state index contributed by atoms with van der Waals surface area (Å²) < 4.78 is 18.0. The van der Waals surface area contributed by atoms with Crippen LogP contribution in [0.4, 0.5) is 4.79 Å². The molecule has 2 unspecified atom stereocenters. The van der Waals surface area contributed by atoms with Crippen molar-refractivity contribution in [3.8, 4) is 11.5 Å². The molecule has 4 fully saturated rings. The highest BCUT2D eigenvalue weighted by Gasteiger charge is 2.32. The number of carbonyl (C=O) groups excluding carboxylic acids is 1. The van der Waals surface area contributed by atoms with Gasteiger partial charge < -0.3 is 24.4 Å². The molecule has 1 N–H and O–H groups in total. The van der Waals surface area contributed by atoms with E-state index in [2.05, 4.69) is 81.1 Å². The number of amides is 1. The molecule has 4 aliphatic rings. The summed E-state index contributed by atoms with van der Waals surface area (Å²) in [7, 11) is 0. The molecule has 8 nitrogen and oxygen atoms in total. The SMILES string of the molecule is CC(C)(C)C1CCC(Oc2ccc(CC3CCCNC3)nc2)CC1.CC(C)(C)OC(=O)N1CCCC(Cc2ccc(OC3CCC(C(C)(C)C)CC3)cn2)C1. The van der Waals surface area contributed by atoms with Crippen LogP contribution in [0.3, 0.4) is 0 Å². The molecule has 0 radical (unpaired) electrons. The van der Waals surface area contributed by atoms with Crippen molar-refractivity contribution in [3.63, 3.8) is 0 Å². The number of likely N-dealkylation sites (tertiary alicyclic amines) is 1. The maximum absolute atomic E-state index is 12.4. The van der Waals surface area contributed by atoms with E-state index in [1.54, 1.807) is 0 Å². The van der Waals surface area contributed by atoms with Crippen LogP contribution in [-0.4, -0.2) is 64.9 Å². The summed E-state index contributed by atoms with van der Waals surface area (Å²) in [6.45, 7) is 23.7. The van der Waals surface area contributed by atoms with Crippen LogP contribution in [0.5, 0.6) is 11.5 Å². The third kappa shape index (κ3) is 14.5. The van der Waals surface area contributed by atoms with Crippen LogP contribution >= 0.6 is 0 Å². The zero-order chi connectivity index (χ0) is 39.6. The van der Waals surface area contributed by atoms with Crippen molar-refractivity contribution in [2.24, 2.45) is 34.5 Å². The van der Waals surface area contributed by atoms with Gasteiger partial charge in [-0.05, 0) is 183 Å². The summed E-state index contributed by atoms with van der Waals surface area (Å²) in [4.78, 5) is 23.5. The molecule has 2 saturated carbocycles. The van der Waals surface area contributed by atoms with Gasteiger partial charge in [0.15, 0.2) is 0 Å². The van der Waals surface area contributed by atoms with Crippen LogP contribution in [0, 0.1) is 34.5 Å². The Kier molecular flexibility index (Phi) is 15.4. The van der Waals surface area contributed by atoms with E-state index < -0.39 is 5.60 Å². The number of carbonyl (C=O) groups is 1. The molecule has 4 heterocycles. The summed E-state index contributed by atoms with van der Waals surface area (Å²) in [6, 6.07) is 8.42. The molecular weight excluding hydrogens is 685 g/mol. The van der Waals surface area contributed by atoms with E-state index in [0.29, 0.717) is 29.0 Å². The average Bonchev–Trinajstić information content (AvgIpc) is 3.13. The Bertz CT molecular complexity index is 1420. The molecule has 308 valence electrons. The number of ether oxygens (including phenoxy) is 3. The van der Waals surface area contributed by atoms with Gasteiger partial charge in [-0.1, -0.05) is 41.5 Å². The number of nitrogens with one attached hydrogen (secondary N) is 1. The van der Waals surface area contributed by atoms with Gasteiger partial charge in [0.1, 0.15) is 17.1 Å². The minimum atomic E-state index is -0.451. The molecule has 2 saturated heterocycles. The highest BCUT2D eigenvalue weighted by molar-refractivity contribution is 5.68. The molecule has 2 aliphatic carbocycles. The van der Waals surface area contributed by atoms with Crippen LogP contribution in [0.1, 0.15) is 151 Å². The fourth-order valence-electron chi connectivity index (χ4n) is 9.09. The van der Waals surface area contributed by atoms with Crippen molar-refractivity contribution in [2.45, 2.75) is 170 Å². The van der Waals surface area contributed by atoms with Crippen LogP contribution in [0.15, 0.2) is 36.7 Å². The lowest BCUT2D eigenvalue weighted by atomic mass is 9.72. The summed E-state index contributed by atoms with van der Waals surface area (Å²) in [5, 5.41) is 3.48. The van der Waals surface area contributed by atoms with E-state index in [0.717, 1.165) is 93.1 Å². The number of pyridine rings is 2. The second-order valence-corrected chi connectivity index (χ2v) is 20.4. The normalized spacial score (nSPS) is 26.7. The van der Waals surface area contributed by atoms with Crippen molar-refractivity contribution in [2.75, 3.05) is 26.2 Å². The highest BCUT2D eigenvalue weighted by Crippen LogP contribution is 2.40. The first kappa shape index (κ1) is 43.3. The van der Waals surface area contributed by atoms with Gasteiger partial charge >= 0.3 is 6.09 Å². The van der Waals surface area contributed by atoms with E-state index in [1.807, 2.05) is 38.1 Å². The van der Waals surface area contributed by atoms with E-state index in [-0.39, 0.29) is 6.09 Å². The quantitative estimate of drug-likeness (QED) is 0.287. The van der Waals surface area contributed by atoms with Crippen molar-refractivity contribution >= 4 is 6.09 Å². The first-order valence-electron chi connectivity index (χ1n) is 21.9. The number of rotatable bonds is 8. The molecule has 8 heteroatoms. The Hall–Kier alpha value is -2.87. The van der Waals surface area contributed by atoms with Gasteiger partial charge in [0.05, 0.1) is 24.6 Å². The predicted octanol–water partition coefficient (Wildman–Crippen LogP) is 10.9. The summed E-state index contributed by atoms with van der Waals surface area (Å²) in [6.07, 6.45) is 20.7. The van der Waals surface area contributed by atoms with Gasteiger partial charge in [-0.25, -0.2) is 4.79 Å². The van der Waals surface area contributed by atoms with Crippen molar-refractivity contribution in [3.05, 3.63) is 48.0 Å². The van der Waals surface area contributed by atoms with Crippen molar-refractivity contribution in [1.29, 1.82) is 0 Å². The van der Waals surface area contributed by atoms with Crippen LogP contribution in [0.25, 0.3) is 0 Å². The van der Waals surface area contributed by atoms with Gasteiger partial charge in [-0.3, -0.25) is 9.97 Å². The smallest absolute Gasteiger partial charge is 0.410 e. The van der Waals surface area contributed by atoms with Crippen molar-refractivity contribution < 1.29 is 19.0 Å². The molecule has 0 spiro atoms. The Morgan fingerprint density at radius 2 is 1.16 bits per heavy atom. The monoisotopic (exact) mass is 761 g/mol. The highest BCUT2D eigenvalue weighted by atomic mass is 16.6. The van der Waals surface area contributed by atoms with Gasteiger partial charge in [0.2, 0.25) is 0 Å². The fourth-order valence-corrected chi connectivity index (χ4v) is 9.09. The second kappa shape index (κ2) is 19.5. The largest absolute Gasteiger partial charge is 0.489 e. The van der Waals surface area contributed by atoms with E-state index in [1.165, 1.54) is 63.6 Å². The van der Waals surface area contributed by atoms with E-state index in [9.17, 15) is 4.79 Å². The van der Waals surface area contributed by atoms with Crippen LogP contribution < -0.4 is 14.8 Å². The topological polar surface area (TPSA) is 85.8 Å². The van der Waals surface area contributed by atoms with Gasteiger partial charge in [-0.15, -0.1) is 0 Å². The zero-order valence-corrected chi connectivity index (χ0v) is 36.1. The number of hydrogen-bond donors (Lipinski definition) is 1. The molecule has 2 aromatic heterocycles. The minimum absolute atomic E-state index is 0.199. The molecule has 6 rings (SSSR count). The lowest BCUT2D eigenvalue weighted by molar-refractivity contribution is 0.0165. The van der Waals surface area contributed by atoms with Gasteiger partial charge in [0.25, 0.3) is 0 Å². The average molecular weight is 761 g/mol. The fraction of sp³-hybridized carbons (Fsp3) is 0.766. The lowest BCUT2D eigenvalue weighted by Crippen LogP contribution is -2.43. The zero-order valence-electron chi connectivity index (χ0n) is 36.1. The first-order chi connectivity index (χ1) is 26.0. The number of nitrogens with zero attached hydrogens (tertiary/aromatic N) is 3. The maximum atomic E-state index is 12.4. The standard InChI is InChI=1S/C26H42N2O3.C21H34N2O/c1-25(2,3)20-9-12-22(13-10-20)30-23-14-11-21(27-17-23)16-19-8-7-15-28(18-19)24(29)31-26(4,5)6;1-21(2,3)17-6-9-19(10-7-17)24-20-11-8-18(23-15-20)13-16-5-4-12-22-14-16/h11,14,17,19-20,22H,7-10,12-13,15-16,18H2,1-6H3;8,11,15-17,19,22H,4-7,9-10,12-14H2,1-3H3. The van der Waals surface area contributed by atoms with Crippen molar-refractivity contribution in [1.82, 2.24) is 20.2 Å². The number of piperidine rings is 2. The Morgan fingerprint density at radius 1 is 0.673 bits per heavy atom. The van der Waals surface area contributed by atoms with Crippen LogP contribution in [-0.2, 0) is 17.6 Å². The second-order valence-electron chi connectivity index (χ2n) is 20.4. The third-order valence-corrected chi connectivity index (χ3v) is 12.6. The minimum Gasteiger partial charge on any atom is -0.489 e. The Labute approximate surface area is 334 Å². The lowest BCUT2D eigenvalue weighted by Gasteiger charge is -2.36. The molecule has 0 aromatic carbocycles. The number of hydrogen-bond acceptors (Lipinski definition) is 7. The predicted molar refractivity (Wildman–Crippen MR) is 224 cm³/mol. The molecule has 55 heavy (non-hydrogen) atoms. The van der Waals surface area contributed by atoms with Gasteiger partial charge in [-0.2, -0.15) is 0 Å². The van der Waals surface area contributed by atoms with E-state index >= 15 is 0 Å².